The van der Waals surface area contributed by atoms with Gasteiger partial charge in [0.1, 0.15) is 0 Å². The predicted molar refractivity (Wildman–Crippen MR) is 94.1 cm³/mol. The van der Waals surface area contributed by atoms with Gasteiger partial charge in [-0.3, -0.25) is 9.89 Å². The Kier molecular flexibility index (Phi) is 5.75. The molecule has 6 heteroatoms. The van der Waals surface area contributed by atoms with Gasteiger partial charge < -0.3 is 15.4 Å². The first-order valence-electron chi connectivity index (χ1n) is 8.30. The van der Waals surface area contributed by atoms with Crippen LogP contribution in [0.4, 0.5) is 0 Å². The molecule has 2 aliphatic rings. The van der Waals surface area contributed by atoms with Crippen LogP contribution in [0.3, 0.4) is 0 Å². The fourth-order valence-electron chi connectivity index (χ4n) is 2.84. The van der Waals surface area contributed by atoms with Gasteiger partial charge >= 0.3 is 0 Å². The highest BCUT2D eigenvalue weighted by molar-refractivity contribution is 6.30. The van der Waals surface area contributed by atoms with E-state index in [4.69, 9.17) is 16.3 Å². The van der Waals surface area contributed by atoms with Gasteiger partial charge in [-0.2, -0.15) is 0 Å². The minimum Gasteiger partial charge on any atom is -0.379 e. The molecule has 0 spiro atoms. The van der Waals surface area contributed by atoms with Crippen molar-refractivity contribution in [1.29, 1.82) is 0 Å². The molecule has 1 saturated heterocycles. The molecule has 2 N–H and O–H groups in total. The maximum atomic E-state index is 6.04. The molecular weight excluding hydrogens is 312 g/mol. The molecule has 1 saturated carbocycles. The maximum absolute atomic E-state index is 6.04. The van der Waals surface area contributed by atoms with E-state index in [1.165, 1.54) is 18.4 Å². The molecule has 0 bridgehead atoms. The molecule has 0 aromatic heterocycles. The average Bonchev–Trinajstić information content (AvgIpc) is 3.40. The van der Waals surface area contributed by atoms with E-state index in [2.05, 4.69) is 32.7 Å². The molecule has 5 nitrogen and oxygen atoms in total. The van der Waals surface area contributed by atoms with Crippen LogP contribution in [0.25, 0.3) is 0 Å². The van der Waals surface area contributed by atoms with Crippen molar-refractivity contribution < 1.29 is 4.74 Å². The summed E-state index contributed by atoms with van der Waals surface area (Å²) in [6, 6.07) is 9.03. The van der Waals surface area contributed by atoms with Crippen molar-refractivity contribution >= 4 is 17.6 Å². The van der Waals surface area contributed by atoms with Crippen molar-refractivity contribution in [3.8, 4) is 0 Å². The largest absolute Gasteiger partial charge is 0.379 e. The van der Waals surface area contributed by atoms with E-state index in [1.54, 1.807) is 0 Å². The maximum Gasteiger partial charge on any atom is 0.191 e. The lowest BCUT2D eigenvalue weighted by atomic mass is 10.0. The van der Waals surface area contributed by atoms with Crippen LogP contribution in [0.1, 0.15) is 24.4 Å². The summed E-state index contributed by atoms with van der Waals surface area (Å²) in [6.45, 7) is 4.29. The van der Waals surface area contributed by atoms with E-state index in [9.17, 15) is 0 Å². The smallest absolute Gasteiger partial charge is 0.191 e. The Morgan fingerprint density at radius 1 is 1.30 bits per heavy atom. The molecular formula is C17H25ClN4O. The second-order valence-electron chi connectivity index (χ2n) is 6.09. The zero-order valence-corrected chi connectivity index (χ0v) is 14.4. The Balaban J connectivity index is 1.67. The van der Waals surface area contributed by atoms with Gasteiger partial charge in [0, 0.05) is 37.7 Å². The molecule has 2 fully saturated rings. The summed E-state index contributed by atoms with van der Waals surface area (Å²) in [5.41, 5.74) is 1.27. The quantitative estimate of drug-likeness (QED) is 0.638. The topological polar surface area (TPSA) is 48.9 Å². The van der Waals surface area contributed by atoms with E-state index in [0.717, 1.165) is 43.8 Å². The first kappa shape index (κ1) is 16.6. The lowest BCUT2D eigenvalue weighted by Crippen LogP contribution is -2.46. The summed E-state index contributed by atoms with van der Waals surface area (Å²) < 4.78 is 5.49. The van der Waals surface area contributed by atoms with Gasteiger partial charge in [0.05, 0.1) is 19.3 Å². The molecule has 1 heterocycles. The second-order valence-corrected chi connectivity index (χ2v) is 6.52. The van der Waals surface area contributed by atoms with Crippen molar-refractivity contribution in [3.63, 3.8) is 0 Å². The number of benzene rings is 1. The Bertz CT molecular complexity index is 524. The van der Waals surface area contributed by atoms with Crippen molar-refractivity contribution in [2.45, 2.75) is 24.9 Å². The molecule has 23 heavy (non-hydrogen) atoms. The highest BCUT2D eigenvalue weighted by Gasteiger charge is 2.25. The van der Waals surface area contributed by atoms with Gasteiger partial charge in [0.25, 0.3) is 0 Å². The Morgan fingerprint density at radius 3 is 2.61 bits per heavy atom. The van der Waals surface area contributed by atoms with Gasteiger partial charge in [-0.25, -0.2) is 0 Å². The summed E-state index contributed by atoms with van der Waals surface area (Å²) in [7, 11) is 1.82. The van der Waals surface area contributed by atoms with E-state index < -0.39 is 0 Å². The number of morpholine rings is 1. The third-order valence-corrected chi connectivity index (χ3v) is 4.60. The molecule has 1 unspecified atom stereocenters. The summed E-state index contributed by atoms with van der Waals surface area (Å²) in [5.74, 6) is 0.889. The van der Waals surface area contributed by atoms with Crippen LogP contribution < -0.4 is 10.6 Å². The molecule has 3 rings (SSSR count). The number of ether oxygens (including phenoxy) is 1. The summed E-state index contributed by atoms with van der Waals surface area (Å²) in [4.78, 5) is 6.79. The Hall–Kier alpha value is -1.30. The van der Waals surface area contributed by atoms with Crippen LogP contribution in [0.15, 0.2) is 29.3 Å². The van der Waals surface area contributed by atoms with E-state index in [1.807, 2.05) is 19.2 Å². The van der Waals surface area contributed by atoms with Crippen LogP contribution >= 0.6 is 11.6 Å². The van der Waals surface area contributed by atoms with Crippen LogP contribution in [-0.4, -0.2) is 56.8 Å². The van der Waals surface area contributed by atoms with Gasteiger partial charge in [-0.1, -0.05) is 23.7 Å². The zero-order valence-electron chi connectivity index (χ0n) is 13.6. The number of nitrogens with zero attached hydrogens (tertiary/aromatic N) is 2. The van der Waals surface area contributed by atoms with Crippen molar-refractivity contribution in [2.75, 3.05) is 39.9 Å². The molecule has 1 aliphatic carbocycles. The van der Waals surface area contributed by atoms with Crippen LogP contribution in [0.5, 0.6) is 0 Å². The highest BCUT2D eigenvalue weighted by atomic mass is 35.5. The first-order chi connectivity index (χ1) is 11.3. The van der Waals surface area contributed by atoms with Crippen LogP contribution in [0.2, 0.25) is 5.02 Å². The fraction of sp³-hybridized carbons (Fsp3) is 0.588. The summed E-state index contributed by atoms with van der Waals surface area (Å²) in [6.07, 6.45) is 2.48. The fourth-order valence-corrected chi connectivity index (χ4v) is 2.97. The van der Waals surface area contributed by atoms with E-state index in [-0.39, 0.29) is 6.04 Å². The molecule has 1 aliphatic heterocycles. The number of hydrogen-bond donors (Lipinski definition) is 2. The van der Waals surface area contributed by atoms with Gasteiger partial charge in [-0.05, 0) is 30.5 Å². The minimum atomic E-state index is 0.286. The monoisotopic (exact) mass is 336 g/mol. The number of hydrogen-bond acceptors (Lipinski definition) is 3. The number of nitrogens with one attached hydrogen (secondary N) is 2. The lowest BCUT2D eigenvalue weighted by molar-refractivity contribution is 0.0170. The molecule has 1 aromatic rings. The Morgan fingerprint density at radius 2 is 2.00 bits per heavy atom. The summed E-state index contributed by atoms with van der Waals surface area (Å²) in [5, 5.41) is 7.68. The Labute approximate surface area is 143 Å². The predicted octanol–water partition coefficient (Wildman–Crippen LogP) is 2.04. The van der Waals surface area contributed by atoms with Crippen molar-refractivity contribution in [1.82, 2.24) is 15.5 Å². The van der Waals surface area contributed by atoms with Gasteiger partial charge in [0.2, 0.25) is 0 Å². The molecule has 126 valence electrons. The van der Waals surface area contributed by atoms with Crippen molar-refractivity contribution in [2.24, 2.45) is 4.99 Å². The third-order valence-electron chi connectivity index (χ3n) is 4.35. The van der Waals surface area contributed by atoms with Crippen LogP contribution in [-0.2, 0) is 4.74 Å². The van der Waals surface area contributed by atoms with Crippen molar-refractivity contribution in [3.05, 3.63) is 34.9 Å². The molecule has 0 radical (unpaired) electrons. The lowest BCUT2D eigenvalue weighted by Gasteiger charge is -2.35. The number of aliphatic imine (C=N–C) groups is 1. The number of guanidine groups is 1. The standard InChI is InChI=1S/C17H25ClN4O/c1-19-17(21-15-6-7-15)20-12-16(22-8-10-23-11-9-22)13-2-4-14(18)5-3-13/h2-5,15-16H,6-12H2,1H3,(H2,19,20,21). The molecule has 0 amide bonds. The first-order valence-corrected chi connectivity index (χ1v) is 8.68. The number of halogens is 1. The number of rotatable bonds is 5. The normalized spacial score (nSPS) is 21.0. The van der Waals surface area contributed by atoms with E-state index >= 15 is 0 Å². The molecule has 1 aromatic carbocycles. The summed E-state index contributed by atoms with van der Waals surface area (Å²) >= 11 is 6.04. The van der Waals surface area contributed by atoms with Crippen LogP contribution in [0, 0.1) is 0 Å². The third kappa shape index (κ3) is 4.83. The second kappa shape index (κ2) is 7.99. The SMILES string of the molecule is CN=C(NCC(c1ccc(Cl)cc1)N1CCOCC1)NC1CC1. The van der Waals surface area contributed by atoms with Gasteiger partial charge in [-0.15, -0.1) is 0 Å². The molecule has 1 atom stereocenters. The van der Waals surface area contributed by atoms with E-state index in [0.29, 0.717) is 6.04 Å². The minimum absolute atomic E-state index is 0.286. The van der Waals surface area contributed by atoms with Gasteiger partial charge in [0.15, 0.2) is 5.96 Å². The highest BCUT2D eigenvalue weighted by Crippen LogP contribution is 2.23. The average molecular weight is 337 g/mol. The zero-order chi connectivity index (χ0) is 16.1.